The minimum absolute atomic E-state index is 0.0600. The van der Waals surface area contributed by atoms with E-state index < -0.39 is 0 Å². The SMILES string of the molecule is CC/C=N\NC(=O)c1ccc(NC(=O)C2CC2)cc1. The number of nitrogens with one attached hydrogen (secondary N) is 2. The maximum atomic E-state index is 11.7. The highest BCUT2D eigenvalue weighted by molar-refractivity contribution is 5.96. The molecule has 1 aromatic rings. The second-order valence-corrected chi connectivity index (χ2v) is 4.50. The summed E-state index contributed by atoms with van der Waals surface area (Å²) < 4.78 is 0. The lowest BCUT2D eigenvalue weighted by Crippen LogP contribution is -2.17. The van der Waals surface area contributed by atoms with Gasteiger partial charge in [-0.15, -0.1) is 0 Å². The van der Waals surface area contributed by atoms with Crippen LogP contribution in [0.2, 0.25) is 0 Å². The number of amides is 2. The van der Waals surface area contributed by atoms with Gasteiger partial charge < -0.3 is 5.32 Å². The molecule has 0 spiro atoms. The van der Waals surface area contributed by atoms with Crippen molar-refractivity contribution in [3.05, 3.63) is 29.8 Å². The van der Waals surface area contributed by atoms with Gasteiger partial charge in [-0.3, -0.25) is 9.59 Å². The Hall–Kier alpha value is -2.17. The molecule has 0 aliphatic heterocycles. The van der Waals surface area contributed by atoms with Gasteiger partial charge in [0.1, 0.15) is 0 Å². The molecular weight excluding hydrogens is 242 g/mol. The molecular formula is C14H17N3O2. The summed E-state index contributed by atoms with van der Waals surface area (Å²) in [6.07, 6.45) is 4.35. The third kappa shape index (κ3) is 3.91. The van der Waals surface area contributed by atoms with Crippen LogP contribution in [0.1, 0.15) is 36.5 Å². The number of benzene rings is 1. The van der Waals surface area contributed by atoms with Gasteiger partial charge in [0, 0.05) is 23.4 Å². The van der Waals surface area contributed by atoms with Gasteiger partial charge >= 0.3 is 0 Å². The molecule has 1 saturated carbocycles. The van der Waals surface area contributed by atoms with Crippen LogP contribution >= 0.6 is 0 Å². The average molecular weight is 259 g/mol. The Labute approximate surface area is 112 Å². The van der Waals surface area contributed by atoms with Crippen molar-refractivity contribution >= 4 is 23.7 Å². The molecule has 1 aromatic carbocycles. The minimum Gasteiger partial charge on any atom is -0.326 e. The van der Waals surface area contributed by atoms with Crippen molar-refractivity contribution in [1.82, 2.24) is 5.43 Å². The first-order valence-corrected chi connectivity index (χ1v) is 6.43. The monoisotopic (exact) mass is 259 g/mol. The zero-order chi connectivity index (χ0) is 13.7. The van der Waals surface area contributed by atoms with Crippen LogP contribution in [-0.2, 0) is 4.79 Å². The second-order valence-electron chi connectivity index (χ2n) is 4.50. The summed E-state index contributed by atoms with van der Waals surface area (Å²) in [5.41, 5.74) is 3.66. The molecule has 5 nitrogen and oxygen atoms in total. The number of carbonyl (C=O) groups excluding carboxylic acids is 2. The largest absolute Gasteiger partial charge is 0.326 e. The molecule has 5 heteroatoms. The standard InChI is InChI=1S/C14H17N3O2/c1-2-9-15-17-14(19)11-5-7-12(8-6-11)16-13(18)10-3-4-10/h5-10H,2-4H2,1H3,(H,16,18)(H,17,19)/b15-9-. The number of hydrazone groups is 1. The van der Waals surface area contributed by atoms with Gasteiger partial charge in [0.25, 0.3) is 5.91 Å². The van der Waals surface area contributed by atoms with Crippen molar-refractivity contribution in [2.24, 2.45) is 11.0 Å². The molecule has 1 aliphatic rings. The van der Waals surface area contributed by atoms with Crippen LogP contribution in [-0.4, -0.2) is 18.0 Å². The van der Waals surface area contributed by atoms with Gasteiger partial charge in [0.05, 0.1) is 0 Å². The molecule has 0 bridgehead atoms. The topological polar surface area (TPSA) is 70.6 Å². The van der Waals surface area contributed by atoms with Gasteiger partial charge in [0.2, 0.25) is 5.91 Å². The van der Waals surface area contributed by atoms with E-state index >= 15 is 0 Å². The van der Waals surface area contributed by atoms with Crippen LogP contribution in [0.5, 0.6) is 0 Å². The number of rotatable bonds is 5. The fourth-order valence-corrected chi connectivity index (χ4v) is 1.55. The highest BCUT2D eigenvalue weighted by Gasteiger charge is 2.29. The molecule has 0 unspecified atom stereocenters. The highest BCUT2D eigenvalue weighted by atomic mass is 16.2. The van der Waals surface area contributed by atoms with Crippen LogP contribution in [0.3, 0.4) is 0 Å². The van der Waals surface area contributed by atoms with Crippen molar-refractivity contribution in [2.75, 3.05) is 5.32 Å². The smallest absolute Gasteiger partial charge is 0.271 e. The van der Waals surface area contributed by atoms with E-state index in [9.17, 15) is 9.59 Å². The van der Waals surface area contributed by atoms with Gasteiger partial charge in [-0.1, -0.05) is 6.92 Å². The van der Waals surface area contributed by atoms with Crippen molar-refractivity contribution in [3.8, 4) is 0 Å². The Kier molecular flexibility index (Phi) is 4.28. The predicted molar refractivity (Wildman–Crippen MR) is 74.0 cm³/mol. The van der Waals surface area contributed by atoms with Crippen molar-refractivity contribution in [2.45, 2.75) is 26.2 Å². The summed E-state index contributed by atoms with van der Waals surface area (Å²) in [4.78, 5) is 23.2. The van der Waals surface area contributed by atoms with Crippen LogP contribution in [0.4, 0.5) is 5.69 Å². The maximum absolute atomic E-state index is 11.7. The lowest BCUT2D eigenvalue weighted by molar-refractivity contribution is -0.117. The number of anilines is 1. The third-order valence-electron chi connectivity index (χ3n) is 2.80. The summed E-state index contributed by atoms with van der Waals surface area (Å²) in [6.45, 7) is 1.94. The van der Waals surface area contributed by atoms with E-state index in [-0.39, 0.29) is 17.7 Å². The molecule has 0 radical (unpaired) electrons. The number of hydrogen-bond acceptors (Lipinski definition) is 3. The Balaban J connectivity index is 1.91. The summed E-state index contributed by atoms with van der Waals surface area (Å²) in [7, 11) is 0. The van der Waals surface area contributed by atoms with E-state index in [0.717, 1.165) is 19.3 Å². The zero-order valence-corrected chi connectivity index (χ0v) is 10.8. The van der Waals surface area contributed by atoms with E-state index in [1.54, 1.807) is 30.5 Å². The van der Waals surface area contributed by atoms with E-state index in [4.69, 9.17) is 0 Å². The Morgan fingerprint density at radius 2 is 2.00 bits per heavy atom. The van der Waals surface area contributed by atoms with Gasteiger partial charge in [-0.25, -0.2) is 5.43 Å². The first-order valence-electron chi connectivity index (χ1n) is 6.43. The van der Waals surface area contributed by atoms with Gasteiger partial charge in [-0.2, -0.15) is 5.10 Å². The summed E-state index contributed by atoms with van der Waals surface area (Å²) >= 11 is 0. The Morgan fingerprint density at radius 3 is 2.58 bits per heavy atom. The van der Waals surface area contributed by atoms with Crippen molar-refractivity contribution in [1.29, 1.82) is 0 Å². The van der Waals surface area contributed by atoms with E-state index in [1.807, 2.05) is 6.92 Å². The van der Waals surface area contributed by atoms with E-state index in [2.05, 4.69) is 15.8 Å². The lowest BCUT2D eigenvalue weighted by Gasteiger charge is -2.05. The summed E-state index contributed by atoms with van der Waals surface area (Å²) in [5, 5.41) is 6.60. The quantitative estimate of drug-likeness (QED) is 0.628. The van der Waals surface area contributed by atoms with E-state index in [1.165, 1.54) is 0 Å². The molecule has 19 heavy (non-hydrogen) atoms. The summed E-state index contributed by atoms with van der Waals surface area (Å²) in [6, 6.07) is 6.77. The number of nitrogens with zero attached hydrogens (tertiary/aromatic N) is 1. The lowest BCUT2D eigenvalue weighted by atomic mass is 10.2. The molecule has 1 aliphatic carbocycles. The van der Waals surface area contributed by atoms with Crippen LogP contribution in [0.25, 0.3) is 0 Å². The molecule has 0 heterocycles. The molecule has 2 rings (SSSR count). The normalized spacial score (nSPS) is 14.4. The van der Waals surface area contributed by atoms with E-state index in [0.29, 0.717) is 11.3 Å². The van der Waals surface area contributed by atoms with Crippen molar-refractivity contribution in [3.63, 3.8) is 0 Å². The van der Waals surface area contributed by atoms with Crippen LogP contribution in [0, 0.1) is 5.92 Å². The number of hydrogen-bond donors (Lipinski definition) is 2. The fourth-order valence-electron chi connectivity index (χ4n) is 1.55. The van der Waals surface area contributed by atoms with Crippen molar-refractivity contribution < 1.29 is 9.59 Å². The van der Waals surface area contributed by atoms with Crippen LogP contribution < -0.4 is 10.7 Å². The first kappa shape index (κ1) is 13.3. The average Bonchev–Trinajstić information content (AvgIpc) is 3.24. The summed E-state index contributed by atoms with van der Waals surface area (Å²) in [5.74, 6) is -0.0270. The minimum atomic E-state index is -0.259. The molecule has 2 amide bonds. The Bertz CT molecular complexity index is 490. The van der Waals surface area contributed by atoms with Gasteiger partial charge in [-0.05, 0) is 43.5 Å². The Morgan fingerprint density at radius 1 is 1.32 bits per heavy atom. The molecule has 1 fully saturated rings. The fraction of sp³-hybridized carbons (Fsp3) is 0.357. The third-order valence-corrected chi connectivity index (χ3v) is 2.80. The zero-order valence-electron chi connectivity index (χ0n) is 10.8. The second kappa shape index (κ2) is 6.13. The maximum Gasteiger partial charge on any atom is 0.271 e. The molecule has 0 saturated heterocycles. The molecule has 0 atom stereocenters. The first-order chi connectivity index (χ1) is 9.20. The van der Waals surface area contributed by atoms with Gasteiger partial charge in [0.15, 0.2) is 0 Å². The highest BCUT2D eigenvalue weighted by Crippen LogP contribution is 2.30. The predicted octanol–water partition coefficient (Wildman–Crippen LogP) is 2.16. The molecule has 100 valence electrons. The molecule has 2 N–H and O–H groups in total. The van der Waals surface area contributed by atoms with Crippen LogP contribution in [0.15, 0.2) is 29.4 Å². The number of carbonyl (C=O) groups is 2. The molecule has 0 aromatic heterocycles.